The number of carbonyl (C=O) groups excluding carboxylic acids is 1. The third-order valence-corrected chi connectivity index (χ3v) is 5.57. The lowest BCUT2D eigenvalue weighted by atomic mass is 10.1. The summed E-state index contributed by atoms with van der Waals surface area (Å²) in [4.78, 5) is 28.5. The highest BCUT2D eigenvalue weighted by Gasteiger charge is 2.24. The minimum Gasteiger partial charge on any atom is -0.369 e. The van der Waals surface area contributed by atoms with E-state index in [-0.39, 0.29) is 5.91 Å². The number of aromatic nitrogens is 3. The molecule has 148 valence electrons. The van der Waals surface area contributed by atoms with Gasteiger partial charge < -0.3 is 15.5 Å². The number of aryl methyl sites for hydroxylation is 1. The van der Waals surface area contributed by atoms with E-state index in [2.05, 4.69) is 32.4 Å². The topological polar surface area (TPSA) is 83.0 Å². The first-order chi connectivity index (χ1) is 13.7. The molecular formula is C21H28N6O. The third-order valence-electron chi connectivity index (χ3n) is 5.57. The maximum Gasteiger partial charge on any atom is 0.254 e. The monoisotopic (exact) mass is 380 g/mol. The van der Waals surface area contributed by atoms with Gasteiger partial charge in [0.15, 0.2) is 0 Å². The minimum absolute atomic E-state index is 0.0896. The molecule has 2 N–H and O–H groups in total. The standard InChI is InChI=1S/C21H28N6O/c1-3-14-11-24-21(25-12-14)27-8-6-16-10-17(20(28)22-2)19(23-13-15-4-5-15)26-18(16)7-9-27/h10-12,15H,3-9,13H2,1-2H3,(H,22,28)(H,23,26). The van der Waals surface area contributed by atoms with E-state index in [0.717, 1.165) is 67.6 Å². The summed E-state index contributed by atoms with van der Waals surface area (Å²) in [6, 6.07) is 2.01. The van der Waals surface area contributed by atoms with Gasteiger partial charge >= 0.3 is 0 Å². The molecule has 0 unspecified atom stereocenters. The molecule has 0 radical (unpaired) electrons. The Kier molecular flexibility index (Phi) is 5.41. The van der Waals surface area contributed by atoms with E-state index in [1.165, 1.54) is 12.8 Å². The summed E-state index contributed by atoms with van der Waals surface area (Å²) in [6.07, 6.45) is 8.92. The van der Waals surface area contributed by atoms with Gasteiger partial charge in [0, 0.05) is 51.2 Å². The minimum atomic E-state index is -0.0896. The zero-order valence-electron chi connectivity index (χ0n) is 16.7. The van der Waals surface area contributed by atoms with Gasteiger partial charge in [-0.15, -0.1) is 0 Å². The summed E-state index contributed by atoms with van der Waals surface area (Å²) >= 11 is 0. The summed E-state index contributed by atoms with van der Waals surface area (Å²) in [6.45, 7) is 4.64. The Hall–Kier alpha value is -2.70. The van der Waals surface area contributed by atoms with Crippen molar-refractivity contribution in [1.29, 1.82) is 0 Å². The maximum atomic E-state index is 12.4. The van der Waals surface area contributed by atoms with Crippen LogP contribution in [0.3, 0.4) is 0 Å². The quantitative estimate of drug-likeness (QED) is 0.800. The molecule has 2 aliphatic rings. The van der Waals surface area contributed by atoms with Crippen LogP contribution in [0.4, 0.5) is 11.8 Å². The smallest absolute Gasteiger partial charge is 0.254 e. The van der Waals surface area contributed by atoms with E-state index in [1.54, 1.807) is 7.05 Å². The first-order valence-electron chi connectivity index (χ1n) is 10.2. The maximum absolute atomic E-state index is 12.4. The zero-order valence-corrected chi connectivity index (χ0v) is 16.7. The van der Waals surface area contributed by atoms with E-state index < -0.39 is 0 Å². The van der Waals surface area contributed by atoms with Crippen molar-refractivity contribution in [2.24, 2.45) is 5.92 Å². The Balaban J connectivity index is 1.55. The fraction of sp³-hybridized carbons (Fsp3) is 0.524. The second-order valence-electron chi connectivity index (χ2n) is 7.63. The molecule has 2 aromatic rings. The lowest BCUT2D eigenvalue weighted by Crippen LogP contribution is -2.27. The van der Waals surface area contributed by atoms with Gasteiger partial charge in [0.25, 0.3) is 5.91 Å². The van der Waals surface area contributed by atoms with Gasteiger partial charge in [-0.3, -0.25) is 4.79 Å². The summed E-state index contributed by atoms with van der Waals surface area (Å²) in [5.41, 5.74) is 3.99. The molecule has 0 spiro atoms. The van der Waals surface area contributed by atoms with Crippen molar-refractivity contribution in [3.63, 3.8) is 0 Å². The number of fused-ring (bicyclic) bond motifs is 1. The summed E-state index contributed by atoms with van der Waals surface area (Å²) in [5.74, 6) is 2.11. The van der Waals surface area contributed by atoms with E-state index in [9.17, 15) is 4.79 Å². The van der Waals surface area contributed by atoms with Crippen LogP contribution in [0.5, 0.6) is 0 Å². The van der Waals surface area contributed by atoms with E-state index in [0.29, 0.717) is 11.4 Å². The van der Waals surface area contributed by atoms with E-state index in [1.807, 2.05) is 18.5 Å². The first-order valence-corrected chi connectivity index (χ1v) is 10.2. The number of carbonyl (C=O) groups is 1. The molecule has 1 aliphatic carbocycles. The fourth-order valence-electron chi connectivity index (χ4n) is 3.53. The molecular weight excluding hydrogens is 352 g/mol. The number of nitrogens with one attached hydrogen (secondary N) is 2. The predicted molar refractivity (Wildman–Crippen MR) is 110 cm³/mol. The SMILES string of the molecule is CCc1cnc(N2CCc3cc(C(=O)NC)c(NCC4CC4)nc3CC2)nc1. The summed E-state index contributed by atoms with van der Waals surface area (Å²) in [7, 11) is 1.66. The average molecular weight is 380 g/mol. The number of hydrogen-bond acceptors (Lipinski definition) is 6. The van der Waals surface area contributed by atoms with Crippen molar-refractivity contribution in [3.8, 4) is 0 Å². The molecule has 1 fully saturated rings. The molecule has 7 heteroatoms. The van der Waals surface area contributed by atoms with Gasteiger partial charge in [0.05, 0.1) is 5.56 Å². The summed E-state index contributed by atoms with van der Waals surface area (Å²) < 4.78 is 0. The highest BCUT2D eigenvalue weighted by molar-refractivity contribution is 5.98. The molecule has 2 aromatic heterocycles. The van der Waals surface area contributed by atoms with Crippen LogP contribution in [0.2, 0.25) is 0 Å². The average Bonchev–Trinajstić information content (AvgIpc) is 3.58. The van der Waals surface area contributed by atoms with Crippen LogP contribution in [0.15, 0.2) is 18.5 Å². The van der Waals surface area contributed by atoms with Gasteiger partial charge in [0.2, 0.25) is 5.95 Å². The largest absolute Gasteiger partial charge is 0.369 e. The Bertz CT molecular complexity index is 847. The highest BCUT2D eigenvalue weighted by Crippen LogP contribution is 2.30. The van der Waals surface area contributed by atoms with Gasteiger partial charge in [0.1, 0.15) is 5.82 Å². The van der Waals surface area contributed by atoms with Crippen molar-refractivity contribution in [2.45, 2.75) is 39.0 Å². The number of rotatable bonds is 6. The van der Waals surface area contributed by atoms with Crippen LogP contribution in [0, 0.1) is 5.92 Å². The van der Waals surface area contributed by atoms with Crippen molar-refractivity contribution in [1.82, 2.24) is 20.3 Å². The predicted octanol–water partition coefficient (Wildman–Crippen LogP) is 2.22. The number of amides is 1. The lowest BCUT2D eigenvalue weighted by molar-refractivity contribution is 0.0963. The molecule has 0 saturated heterocycles. The van der Waals surface area contributed by atoms with Gasteiger partial charge in [-0.1, -0.05) is 6.92 Å². The lowest BCUT2D eigenvalue weighted by Gasteiger charge is -2.19. The Morgan fingerprint density at radius 2 is 1.96 bits per heavy atom. The van der Waals surface area contributed by atoms with Gasteiger partial charge in [-0.05, 0) is 48.8 Å². The van der Waals surface area contributed by atoms with Gasteiger partial charge in [-0.2, -0.15) is 0 Å². The van der Waals surface area contributed by atoms with Crippen molar-refractivity contribution < 1.29 is 4.79 Å². The fourth-order valence-corrected chi connectivity index (χ4v) is 3.53. The van der Waals surface area contributed by atoms with Crippen LogP contribution < -0.4 is 15.5 Å². The number of anilines is 2. The molecule has 3 heterocycles. The highest BCUT2D eigenvalue weighted by atomic mass is 16.1. The third kappa shape index (κ3) is 4.08. The Labute approximate surface area is 166 Å². The Morgan fingerprint density at radius 1 is 1.21 bits per heavy atom. The van der Waals surface area contributed by atoms with Crippen LogP contribution >= 0.6 is 0 Å². The van der Waals surface area contributed by atoms with Gasteiger partial charge in [-0.25, -0.2) is 15.0 Å². The van der Waals surface area contributed by atoms with Crippen LogP contribution in [0.25, 0.3) is 0 Å². The van der Waals surface area contributed by atoms with E-state index in [4.69, 9.17) is 4.98 Å². The number of pyridine rings is 1. The second-order valence-corrected chi connectivity index (χ2v) is 7.63. The van der Waals surface area contributed by atoms with Crippen LogP contribution in [-0.4, -0.2) is 47.5 Å². The number of nitrogens with zero attached hydrogens (tertiary/aromatic N) is 4. The van der Waals surface area contributed by atoms with Crippen LogP contribution in [0.1, 0.15) is 46.9 Å². The molecule has 0 aromatic carbocycles. The Morgan fingerprint density at radius 3 is 2.64 bits per heavy atom. The first kappa shape index (κ1) is 18.7. The molecule has 1 aliphatic heterocycles. The molecule has 0 atom stereocenters. The number of hydrogen-bond donors (Lipinski definition) is 2. The molecule has 0 bridgehead atoms. The molecule has 7 nitrogen and oxygen atoms in total. The van der Waals surface area contributed by atoms with Crippen molar-refractivity contribution >= 4 is 17.7 Å². The van der Waals surface area contributed by atoms with Crippen molar-refractivity contribution in [3.05, 3.63) is 40.8 Å². The normalized spacial score (nSPS) is 16.3. The molecule has 28 heavy (non-hydrogen) atoms. The van der Waals surface area contributed by atoms with Crippen molar-refractivity contribution in [2.75, 3.05) is 36.9 Å². The van der Waals surface area contributed by atoms with Crippen LogP contribution in [-0.2, 0) is 19.3 Å². The zero-order chi connectivity index (χ0) is 19.5. The molecule has 1 saturated carbocycles. The second kappa shape index (κ2) is 8.12. The molecule has 4 rings (SSSR count). The molecule has 1 amide bonds. The van der Waals surface area contributed by atoms with E-state index >= 15 is 0 Å². The summed E-state index contributed by atoms with van der Waals surface area (Å²) in [5, 5.41) is 6.15.